The zero-order chi connectivity index (χ0) is 19.3. The smallest absolute Gasteiger partial charge is 0.339 e. The second-order valence-corrected chi connectivity index (χ2v) is 8.19. The van der Waals surface area contributed by atoms with Crippen LogP contribution in [-0.4, -0.2) is 55.2 Å². The van der Waals surface area contributed by atoms with Crippen molar-refractivity contribution in [1.29, 1.82) is 0 Å². The van der Waals surface area contributed by atoms with Gasteiger partial charge in [-0.3, -0.25) is 4.79 Å². The molecule has 8 nitrogen and oxygen atoms in total. The van der Waals surface area contributed by atoms with Gasteiger partial charge in [-0.15, -0.1) is 0 Å². The van der Waals surface area contributed by atoms with Gasteiger partial charge in [0.15, 0.2) is 0 Å². The Kier molecular flexibility index (Phi) is 6.60. The summed E-state index contributed by atoms with van der Waals surface area (Å²) in [5.41, 5.74) is 0.338. The summed E-state index contributed by atoms with van der Waals surface area (Å²) in [5, 5.41) is 11.8. The second kappa shape index (κ2) is 8.50. The first kappa shape index (κ1) is 20.2. The third-order valence-electron chi connectivity index (χ3n) is 4.32. The lowest BCUT2D eigenvalue weighted by atomic mass is 10.1. The molecule has 0 spiro atoms. The maximum absolute atomic E-state index is 12.6. The van der Waals surface area contributed by atoms with Gasteiger partial charge in [0.1, 0.15) is 17.4 Å². The van der Waals surface area contributed by atoms with Crippen LogP contribution in [0.1, 0.15) is 43.0 Å². The third kappa shape index (κ3) is 4.53. The molecule has 0 radical (unpaired) electrons. The molecule has 1 heterocycles. The second-order valence-electron chi connectivity index (χ2n) is 6.15. The van der Waals surface area contributed by atoms with Crippen molar-refractivity contribution in [2.75, 3.05) is 24.7 Å². The predicted molar refractivity (Wildman–Crippen MR) is 97.0 cm³/mol. The number of methoxy groups -OCH3 is 1. The number of carboxylic acid groups (broad SMARTS) is 1. The molecular formula is C17H24N2O6S. The third-order valence-corrected chi connectivity index (χ3v) is 6.28. The standard InChI is InChI=1S/C17H24N2O6S/c1-3-4-10-26(23,24)19-9-5-6-14(19)16(20)18-12-7-8-13(17(21)22)15(11-12)25-2/h7-8,11,14H,3-6,9-10H2,1-2H3,(H,18,20)(H,21,22). The van der Waals surface area contributed by atoms with Crippen molar-refractivity contribution in [2.24, 2.45) is 0 Å². The summed E-state index contributed by atoms with van der Waals surface area (Å²) in [6.07, 6.45) is 2.41. The van der Waals surface area contributed by atoms with Gasteiger partial charge in [0.05, 0.1) is 12.9 Å². The van der Waals surface area contributed by atoms with Gasteiger partial charge < -0.3 is 15.2 Å². The van der Waals surface area contributed by atoms with Crippen molar-refractivity contribution in [3.05, 3.63) is 23.8 Å². The van der Waals surface area contributed by atoms with Crippen molar-refractivity contribution in [3.63, 3.8) is 0 Å². The number of amides is 1. The average Bonchev–Trinajstić information content (AvgIpc) is 3.10. The Balaban J connectivity index is 2.15. The Morgan fingerprint density at radius 3 is 2.73 bits per heavy atom. The van der Waals surface area contributed by atoms with E-state index in [9.17, 15) is 18.0 Å². The Hall–Kier alpha value is -2.13. The predicted octanol–water partition coefficient (Wildman–Crippen LogP) is 1.93. The molecule has 1 atom stereocenters. The molecule has 1 aromatic rings. The minimum Gasteiger partial charge on any atom is -0.496 e. The monoisotopic (exact) mass is 384 g/mol. The van der Waals surface area contributed by atoms with Crippen molar-refractivity contribution in [3.8, 4) is 5.75 Å². The molecule has 0 aromatic heterocycles. The van der Waals surface area contributed by atoms with Gasteiger partial charge in [-0.25, -0.2) is 13.2 Å². The molecule has 1 aliphatic heterocycles. The maximum Gasteiger partial charge on any atom is 0.339 e. The van der Waals surface area contributed by atoms with E-state index in [0.717, 1.165) is 6.42 Å². The van der Waals surface area contributed by atoms with E-state index >= 15 is 0 Å². The fourth-order valence-electron chi connectivity index (χ4n) is 2.95. The van der Waals surface area contributed by atoms with Crippen LogP contribution in [0.4, 0.5) is 5.69 Å². The Morgan fingerprint density at radius 2 is 2.12 bits per heavy atom. The van der Waals surface area contributed by atoms with Crippen molar-refractivity contribution in [2.45, 2.75) is 38.6 Å². The highest BCUT2D eigenvalue weighted by atomic mass is 32.2. The molecule has 1 amide bonds. The van der Waals surface area contributed by atoms with Crippen LogP contribution in [0.3, 0.4) is 0 Å². The van der Waals surface area contributed by atoms with Crippen LogP contribution in [0, 0.1) is 0 Å². The Bertz CT molecular complexity index is 777. The van der Waals surface area contributed by atoms with E-state index in [0.29, 0.717) is 31.5 Å². The van der Waals surface area contributed by atoms with E-state index in [1.54, 1.807) is 0 Å². The maximum atomic E-state index is 12.6. The van der Waals surface area contributed by atoms with E-state index in [2.05, 4.69) is 5.32 Å². The zero-order valence-electron chi connectivity index (χ0n) is 14.9. The molecule has 1 aromatic carbocycles. The minimum atomic E-state index is -3.47. The lowest BCUT2D eigenvalue weighted by Gasteiger charge is -2.23. The number of nitrogens with one attached hydrogen (secondary N) is 1. The van der Waals surface area contributed by atoms with Crippen LogP contribution in [0.15, 0.2) is 18.2 Å². The number of ether oxygens (including phenoxy) is 1. The number of carbonyl (C=O) groups excluding carboxylic acids is 1. The lowest BCUT2D eigenvalue weighted by molar-refractivity contribution is -0.119. The number of carbonyl (C=O) groups is 2. The number of hydrogen-bond acceptors (Lipinski definition) is 5. The molecule has 26 heavy (non-hydrogen) atoms. The summed E-state index contributed by atoms with van der Waals surface area (Å²) < 4.78 is 31.2. The van der Waals surface area contributed by atoms with Crippen molar-refractivity contribution < 1.29 is 27.9 Å². The van der Waals surface area contributed by atoms with Crippen molar-refractivity contribution >= 4 is 27.6 Å². The Labute approximate surface area is 153 Å². The molecule has 9 heteroatoms. The summed E-state index contributed by atoms with van der Waals surface area (Å²) in [5.74, 6) is -1.40. The fourth-order valence-corrected chi connectivity index (χ4v) is 4.83. The summed E-state index contributed by atoms with van der Waals surface area (Å²) in [6, 6.07) is 3.45. The van der Waals surface area contributed by atoms with Crippen LogP contribution < -0.4 is 10.1 Å². The number of nitrogens with zero attached hydrogens (tertiary/aromatic N) is 1. The number of aromatic carboxylic acids is 1. The minimum absolute atomic E-state index is 0.0184. The number of anilines is 1. The lowest BCUT2D eigenvalue weighted by Crippen LogP contribution is -2.44. The molecule has 2 rings (SSSR count). The van der Waals surface area contributed by atoms with Gasteiger partial charge in [-0.2, -0.15) is 4.31 Å². The molecule has 1 fully saturated rings. The van der Waals surface area contributed by atoms with Crippen molar-refractivity contribution in [1.82, 2.24) is 4.31 Å². The zero-order valence-corrected chi connectivity index (χ0v) is 15.7. The molecule has 0 saturated carbocycles. The normalized spacial score (nSPS) is 17.8. The molecule has 144 valence electrons. The average molecular weight is 384 g/mol. The molecule has 0 bridgehead atoms. The molecule has 0 aliphatic carbocycles. The van der Waals surface area contributed by atoms with Gasteiger partial charge in [0, 0.05) is 18.3 Å². The summed E-state index contributed by atoms with van der Waals surface area (Å²) >= 11 is 0. The number of hydrogen-bond donors (Lipinski definition) is 2. The molecule has 1 unspecified atom stereocenters. The number of carboxylic acids is 1. The molecule has 1 aliphatic rings. The van der Waals surface area contributed by atoms with E-state index in [1.165, 1.54) is 29.6 Å². The van der Waals surface area contributed by atoms with E-state index in [4.69, 9.17) is 9.84 Å². The fraction of sp³-hybridized carbons (Fsp3) is 0.529. The van der Waals surface area contributed by atoms with E-state index in [-0.39, 0.29) is 17.1 Å². The number of unbranched alkanes of at least 4 members (excludes halogenated alkanes) is 1. The van der Waals surface area contributed by atoms with Crippen LogP contribution in [0.25, 0.3) is 0 Å². The van der Waals surface area contributed by atoms with Crippen LogP contribution in [-0.2, 0) is 14.8 Å². The van der Waals surface area contributed by atoms with Gasteiger partial charge in [0.25, 0.3) is 0 Å². The topological polar surface area (TPSA) is 113 Å². The molecule has 2 N–H and O–H groups in total. The highest BCUT2D eigenvalue weighted by Gasteiger charge is 2.38. The summed E-state index contributed by atoms with van der Waals surface area (Å²) in [6.45, 7) is 2.25. The summed E-state index contributed by atoms with van der Waals surface area (Å²) in [4.78, 5) is 23.7. The SMILES string of the molecule is CCCCS(=O)(=O)N1CCCC1C(=O)Nc1ccc(C(=O)O)c(OC)c1. The van der Waals surface area contributed by atoms with E-state index in [1.807, 2.05) is 6.92 Å². The number of rotatable bonds is 8. The highest BCUT2D eigenvalue weighted by molar-refractivity contribution is 7.89. The Morgan fingerprint density at radius 1 is 1.38 bits per heavy atom. The largest absolute Gasteiger partial charge is 0.496 e. The van der Waals surface area contributed by atoms with Crippen LogP contribution in [0.5, 0.6) is 5.75 Å². The van der Waals surface area contributed by atoms with Gasteiger partial charge in [-0.05, 0) is 31.4 Å². The summed E-state index contributed by atoms with van der Waals surface area (Å²) in [7, 11) is -2.13. The van der Waals surface area contributed by atoms with Gasteiger partial charge in [-0.1, -0.05) is 13.3 Å². The highest BCUT2D eigenvalue weighted by Crippen LogP contribution is 2.26. The van der Waals surface area contributed by atoms with Gasteiger partial charge >= 0.3 is 5.97 Å². The number of benzene rings is 1. The van der Waals surface area contributed by atoms with Crippen LogP contribution >= 0.6 is 0 Å². The molecule has 1 saturated heterocycles. The van der Waals surface area contributed by atoms with Gasteiger partial charge in [0.2, 0.25) is 15.9 Å². The quantitative estimate of drug-likeness (QED) is 0.708. The van der Waals surface area contributed by atoms with Crippen LogP contribution in [0.2, 0.25) is 0 Å². The first-order valence-electron chi connectivity index (χ1n) is 8.52. The first-order valence-corrected chi connectivity index (χ1v) is 10.1. The number of sulfonamides is 1. The first-order chi connectivity index (χ1) is 12.3. The molecular weight excluding hydrogens is 360 g/mol. The van der Waals surface area contributed by atoms with E-state index < -0.39 is 27.9 Å².